The van der Waals surface area contributed by atoms with Gasteiger partial charge in [-0.25, -0.2) is 9.59 Å². The molecule has 26 heavy (non-hydrogen) atoms. The van der Waals surface area contributed by atoms with E-state index in [2.05, 4.69) is 20.0 Å². The van der Waals surface area contributed by atoms with Crippen LogP contribution in [0, 0.1) is 0 Å². The molecule has 132 valence electrons. The minimum Gasteiger partial charge on any atom is -0.312 e. The van der Waals surface area contributed by atoms with Crippen molar-refractivity contribution in [3.63, 3.8) is 0 Å². The third-order valence-corrected chi connectivity index (χ3v) is 5.05. The standard InChI is InChI=1S/2C9H7NO2S/c2*1-6-8(9(11)12-10-6)5-7-3-2-4-13-7/h2*2-5H,1H3/b2*8-5-. The average molecular weight is 386 g/mol. The Bertz CT molecular complexity index is 858. The monoisotopic (exact) mass is 386 g/mol. The van der Waals surface area contributed by atoms with Crippen LogP contribution in [0.4, 0.5) is 0 Å². The van der Waals surface area contributed by atoms with Gasteiger partial charge in [-0.05, 0) is 48.9 Å². The van der Waals surface area contributed by atoms with Crippen molar-refractivity contribution in [3.05, 3.63) is 55.9 Å². The van der Waals surface area contributed by atoms with E-state index in [1.54, 1.807) is 48.7 Å². The summed E-state index contributed by atoms with van der Waals surface area (Å²) in [5.41, 5.74) is 2.36. The largest absolute Gasteiger partial charge is 0.367 e. The first-order valence-corrected chi connectivity index (χ1v) is 9.33. The molecular weight excluding hydrogens is 372 g/mol. The molecule has 8 heteroatoms. The van der Waals surface area contributed by atoms with Crippen molar-refractivity contribution in [2.24, 2.45) is 10.3 Å². The van der Waals surface area contributed by atoms with E-state index >= 15 is 0 Å². The maximum absolute atomic E-state index is 11.1. The number of carbonyl (C=O) groups excluding carboxylic acids is 2. The van der Waals surface area contributed by atoms with Gasteiger partial charge in [-0.3, -0.25) is 0 Å². The van der Waals surface area contributed by atoms with E-state index in [0.29, 0.717) is 22.6 Å². The maximum atomic E-state index is 11.1. The van der Waals surface area contributed by atoms with Gasteiger partial charge in [-0.1, -0.05) is 22.4 Å². The second-order valence-corrected chi connectivity index (χ2v) is 7.22. The van der Waals surface area contributed by atoms with E-state index in [9.17, 15) is 9.59 Å². The second-order valence-electron chi connectivity index (χ2n) is 5.26. The van der Waals surface area contributed by atoms with Gasteiger partial charge in [0.25, 0.3) is 0 Å². The highest BCUT2D eigenvalue weighted by Crippen LogP contribution is 2.19. The summed E-state index contributed by atoms with van der Waals surface area (Å²) < 4.78 is 0. The van der Waals surface area contributed by atoms with Gasteiger partial charge in [0.1, 0.15) is 0 Å². The number of oxime groups is 2. The predicted octanol–water partition coefficient (Wildman–Crippen LogP) is 4.13. The number of carbonyl (C=O) groups is 2. The number of rotatable bonds is 2. The molecule has 0 amide bonds. The van der Waals surface area contributed by atoms with Gasteiger partial charge in [0.15, 0.2) is 0 Å². The summed E-state index contributed by atoms with van der Waals surface area (Å²) in [4.78, 5) is 33.3. The summed E-state index contributed by atoms with van der Waals surface area (Å²) in [5.74, 6) is -0.739. The highest BCUT2D eigenvalue weighted by Gasteiger charge is 2.22. The van der Waals surface area contributed by atoms with Gasteiger partial charge >= 0.3 is 11.9 Å². The summed E-state index contributed by atoms with van der Waals surface area (Å²) in [7, 11) is 0. The first kappa shape index (κ1) is 18.0. The Morgan fingerprint density at radius 1 is 0.808 bits per heavy atom. The van der Waals surface area contributed by atoms with Crippen LogP contribution in [0.5, 0.6) is 0 Å². The van der Waals surface area contributed by atoms with Crippen LogP contribution in [-0.4, -0.2) is 23.4 Å². The lowest BCUT2D eigenvalue weighted by Gasteiger charge is -1.89. The van der Waals surface area contributed by atoms with E-state index in [-0.39, 0.29) is 11.9 Å². The Morgan fingerprint density at radius 2 is 1.23 bits per heavy atom. The first-order chi connectivity index (χ1) is 12.5. The molecule has 0 fully saturated rings. The highest BCUT2D eigenvalue weighted by atomic mass is 32.1. The second kappa shape index (κ2) is 8.03. The lowest BCUT2D eigenvalue weighted by atomic mass is 10.1. The molecule has 0 radical (unpaired) electrons. The normalized spacial score (nSPS) is 19.0. The fourth-order valence-electron chi connectivity index (χ4n) is 2.07. The van der Waals surface area contributed by atoms with Gasteiger partial charge in [0, 0.05) is 9.75 Å². The van der Waals surface area contributed by atoms with Crippen LogP contribution in [0.1, 0.15) is 23.6 Å². The molecule has 4 rings (SSSR count). The molecule has 0 bridgehead atoms. The fourth-order valence-corrected chi connectivity index (χ4v) is 3.38. The lowest BCUT2D eigenvalue weighted by Crippen LogP contribution is -2.01. The van der Waals surface area contributed by atoms with E-state index < -0.39 is 0 Å². The molecule has 0 aromatic carbocycles. The fraction of sp³-hybridized carbons (Fsp3) is 0.111. The van der Waals surface area contributed by atoms with E-state index in [4.69, 9.17) is 0 Å². The summed E-state index contributed by atoms with van der Waals surface area (Å²) in [5, 5.41) is 11.1. The molecule has 0 unspecified atom stereocenters. The van der Waals surface area contributed by atoms with Crippen LogP contribution in [0.15, 0.2) is 56.5 Å². The molecule has 0 N–H and O–H groups in total. The first-order valence-electron chi connectivity index (χ1n) is 7.57. The van der Waals surface area contributed by atoms with Crippen LogP contribution >= 0.6 is 22.7 Å². The molecule has 6 nitrogen and oxygen atoms in total. The van der Waals surface area contributed by atoms with Gasteiger partial charge in [-0.2, -0.15) is 0 Å². The van der Waals surface area contributed by atoms with E-state index in [1.165, 1.54) is 0 Å². The predicted molar refractivity (Wildman–Crippen MR) is 103 cm³/mol. The van der Waals surface area contributed by atoms with Gasteiger partial charge < -0.3 is 9.68 Å². The van der Waals surface area contributed by atoms with Crippen LogP contribution in [0.3, 0.4) is 0 Å². The SMILES string of the molecule is CC1=NOC(=O)/C1=C\c1cccs1.CC1=NOC(=O)/C1=C\c1cccs1. The minimum absolute atomic E-state index is 0.370. The van der Waals surface area contributed by atoms with Crippen LogP contribution < -0.4 is 0 Å². The number of nitrogens with zero attached hydrogens (tertiary/aromatic N) is 2. The third-order valence-electron chi connectivity index (χ3n) is 3.41. The molecule has 2 aliphatic rings. The van der Waals surface area contributed by atoms with Crippen molar-refractivity contribution in [2.75, 3.05) is 0 Å². The average Bonchev–Trinajstić information content (AvgIpc) is 3.41. The quantitative estimate of drug-likeness (QED) is 0.574. The molecule has 0 saturated carbocycles. The van der Waals surface area contributed by atoms with Gasteiger partial charge in [-0.15, -0.1) is 22.7 Å². The van der Waals surface area contributed by atoms with Crippen molar-refractivity contribution < 1.29 is 19.3 Å². The molecule has 2 aromatic heterocycles. The van der Waals surface area contributed by atoms with Crippen molar-refractivity contribution in [2.45, 2.75) is 13.8 Å². The number of thiophene rings is 2. The lowest BCUT2D eigenvalue weighted by molar-refractivity contribution is -0.137. The maximum Gasteiger partial charge on any atom is 0.367 e. The zero-order valence-corrected chi connectivity index (χ0v) is 15.6. The molecule has 2 aromatic rings. The molecule has 0 saturated heterocycles. The molecule has 0 aliphatic carbocycles. The van der Waals surface area contributed by atoms with Gasteiger partial charge in [0.05, 0.1) is 22.6 Å². The Labute approximate surface area is 157 Å². The van der Waals surface area contributed by atoms with Crippen molar-refractivity contribution in [1.82, 2.24) is 0 Å². The third kappa shape index (κ3) is 4.22. The smallest absolute Gasteiger partial charge is 0.312 e. The summed E-state index contributed by atoms with van der Waals surface area (Å²) in [6, 6.07) is 7.75. The summed E-state index contributed by atoms with van der Waals surface area (Å²) in [6.45, 7) is 3.51. The molecule has 0 spiro atoms. The number of hydrogen-bond donors (Lipinski definition) is 0. The van der Waals surface area contributed by atoms with E-state index in [0.717, 1.165) is 9.75 Å². The van der Waals surface area contributed by atoms with Crippen molar-refractivity contribution in [3.8, 4) is 0 Å². The zero-order valence-electron chi connectivity index (χ0n) is 14.0. The van der Waals surface area contributed by atoms with Crippen LogP contribution in [0.25, 0.3) is 12.2 Å². The zero-order chi connectivity index (χ0) is 18.5. The Hall–Kier alpha value is -2.84. The molecule has 2 aliphatic heterocycles. The summed E-state index contributed by atoms with van der Waals surface area (Å²) >= 11 is 3.15. The highest BCUT2D eigenvalue weighted by molar-refractivity contribution is 7.11. The topological polar surface area (TPSA) is 77.3 Å². The molecule has 4 heterocycles. The van der Waals surface area contributed by atoms with Crippen LogP contribution in [0.2, 0.25) is 0 Å². The molecule has 0 atom stereocenters. The van der Waals surface area contributed by atoms with Gasteiger partial charge in [0.2, 0.25) is 0 Å². The molecular formula is C18H14N2O4S2. The van der Waals surface area contributed by atoms with Crippen LogP contribution in [-0.2, 0) is 19.3 Å². The minimum atomic E-state index is -0.370. The van der Waals surface area contributed by atoms with Crippen molar-refractivity contribution >= 4 is 58.2 Å². The van der Waals surface area contributed by atoms with E-state index in [1.807, 2.05) is 35.0 Å². The number of hydrogen-bond acceptors (Lipinski definition) is 8. The Kier molecular flexibility index (Phi) is 5.55. The Morgan fingerprint density at radius 3 is 1.50 bits per heavy atom. The summed E-state index contributed by atoms with van der Waals surface area (Å²) in [6.07, 6.45) is 3.58. The van der Waals surface area contributed by atoms with Crippen molar-refractivity contribution in [1.29, 1.82) is 0 Å². The Balaban J connectivity index is 0.000000151.